The minimum absolute atomic E-state index is 0.377. The fraction of sp³-hybridized carbons (Fsp3) is 0.500. The molecule has 0 radical (unpaired) electrons. The van der Waals surface area contributed by atoms with Crippen molar-refractivity contribution in [1.82, 2.24) is 0 Å². The Hall–Kier alpha value is -2.48. The molecule has 2 aliphatic rings. The molecule has 2 aliphatic carbocycles. The summed E-state index contributed by atoms with van der Waals surface area (Å²) in [4.78, 5) is 0. The molecule has 0 aromatic heterocycles. The molecule has 0 heterocycles. The van der Waals surface area contributed by atoms with Gasteiger partial charge in [-0.2, -0.15) is 0 Å². The zero-order valence-corrected chi connectivity index (χ0v) is 22.6. The third-order valence-corrected chi connectivity index (χ3v) is 7.14. The van der Waals surface area contributed by atoms with Gasteiger partial charge < -0.3 is 9.47 Å². The second-order valence-electron chi connectivity index (χ2n) is 10.2. The van der Waals surface area contributed by atoms with Gasteiger partial charge in [-0.05, 0) is 113 Å². The van der Waals surface area contributed by atoms with Crippen LogP contribution in [0.4, 0.5) is 0 Å². The van der Waals surface area contributed by atoms with Crippen molar-refractivity contribution < 1.29 is 9.47 Å². The molecule has 1 fully saturated rings. The maximum Gasteiger partial charge on any atom is 0.161 e. The van der Waals surface area contributed by atoms with E-state index in [4.69, 9.17) is 9.47 Å². The first-order valence-electron chi connectivity index (χ1n) is 13.0. The van der Waals surface area contributed by atoms with Gasteiger partial charge in [0.2, 0.25) is 0 Å². The van der Waals surface area contributed by atoms with E-state index < -0.39 is 0 Å². The highest BCUT2D eigenvalue weighted by atomic mass is 16.5. The van der Waals surface area contributed by atoms with E-state index in [-0.39, 0.29) is 0 Å². The summed E-state index contributed by atoms with van der Waals surface area (Å²) in [6.07, 6.45) is 12.2. The third kappa shape index (κ3) is 5.95. The molecule has 1 saturated carbocycles. The summed E-state index contributed by atoms with van der Waals surface area (Å²) in [7, 11) is 3.42. The lowest BCUT2D eigenvalue weighted by atomic mass is 9.75. The van der Waals surface area contributed by atoms with Crippen molar-refractivity contribution in [3.05, 3.63) is 75.4 Å². The van der Waals surface area contributed by atoms with Crippen LogP contribution < -0.4 is 9.47 Å². The summed E-state index contributed by atoms with van der Waals surface area (Å²) < 4.78 is 11.3. The van der Waals surface area contributed by atoms with Crippen LogP contribution in [0.15, 0.2) is 69.9 Å². The lowest BCUT2D eigenvalue weighted by Crippen LogP contribution is -2.11. The summed E-state index contributed by atoms with van der Waals surface area (Å²) in [6.45, 7) is 15.9. The Kier molecular flexibility index (Phi) is 9.05. The lowest BCUT2D eigenvalue weighted by Gasteiger charge is -2.29. The summed E-state index contributed by atoms with van der Waals surface area (Å²) in [5.74, 6) is 1.91. The Morgan fingerprint density at radius 1 is 0.971 bits per heavy atom. The van der Waals surface area contributed by atoms with E-state index in [1.165, 1.54) is 71.1 Å². The quantitative estimate of drug-likeness (QED) is 0.256. The van der Waals surface area contributed by atoms with E-state index in [0.717, 1.165) is 36.3 Å². The van der Waals surface area contributed by atoms with E-state index in [9.17, 15) is 0 Å². The van der Waals surface area contributed by atoms with Gasteiger partial charge in [-0.1, -0.05) is 54.4 Å². The maximum absolute atomic E-state index is 5.75. The molecule has 0 bridgehead atoms. The first kappa shape index (κ1) is 26.1. The molecule has 1 aromatic rings. The van der Waals surface area contributed by atoms with Crippen LogP contribution in [0.1, 0.15) is 91.5 Å². The smallest absolute Gasteiger partial charge is 0.161 e. The van der Waals surface area contributed by atoms with Crippen LogP contribution in [0.2, 0.25) is 0 Å². The molecule has 2 heteroatoms. The Morgan fingerprint density at radius 3 is 2.18 bits per heavy atom. The molecular formula is C32H44O2. The van der Waals surface area contributed by atoms with Crippen molar-refractivity contribution in [1.29, 1.82) is 0 Å². The monoisotopic (exact) mass is 460 g/mol. The molecule has 0 spiro atoms. The number of benzene rings is 1. The first-order chi connectivity index (χ1) is 16.3. The van der Waals surface area contributed by atoms with E-state index in [0.29, 0.717) is 5.92 Å². The van der Waals surface area contributed by atoms with Crippen molar-refractivity contribution >= 4 is 5.57 Å². The largest absolute Gasteiger partial charge is 0.493 e. The van der Waals surface area contributed by atoms with E-state index in [1.807, 2.05) is 6.07 Å². The topological polar surface area (TPSA) is 18.5 Å². The number of hydrogen-bond acceptors (Lipinski definition) is 2. The molecule has 184 valence electrons. The van der Waals surface area contributed by atoms with Crippen molar-refractivity contribution in [2.45, 2.75) is 86.0 Å². The van der Waals surface area contributed by atoms with Crippen molar-refractivity contribution in [2.24, 2.45) is 5.92 Å². The highest BCUT2D eigenvalue weighted by Gasteiger charge is 2.27. The summed E-state index contributed by atoms with van der Waals surface area (Å²) in [5, 5.41) is 0. The number of allylic oxidation sites excluding steroid dienone is 9. The van der Waals surface area contributed by atoms with Gasteiger partial charge in [0, 0.05) is 5.92 Å². The SMILES string of the molecule is C=C(C)/C(=C(\C(=C(C)C)C1=C(C)CCCC1)c1ccc(OC)c(OC)c1)C(C=C1CC1)CCC. The lowest BCUT2D eigenvalue weighted by molar-refractivity contribution is 0.355. The maximum atomic E-state index is 5.75. The summed E-state index contributed by atoms with van der Waals surface area (Å²) in [5.41, 5.74) is 12.5. The number of ether oxygens (including phenoxy) is 2. The molecule has 2 nitrogen and oxygen atoms in total. The van der Waals surface area contributed by atoms with Gasteiger partial charge in [-0.3, -0.25) is 0 Å². The average Bonchev–Trinajstić information content (AvgIpc) is 3.63. The Bertz CT molecular complexity index is 1030. The second-order valence-corrected chi connectivity index (χ2v) is 10.2. The van der Waals surface area contributed by atoms with Gasteiger partial charge in [0.05, 0.1) is 14.2 Å². The van der Waals surface area contributed by atoms with Crippen molar-refractivity contribution in [3.63, 3.8) is 0 Å². The van der Waals surface area contributed by atoms with E-state index in [1.54, 1.807) is 19.8 Å². The molecule has 1 atom stereocenters. The predicted molar refractivity (Wildman–Crippen MR) is 147 cm³/mol. The molecule has 0 aliphatic heterocycles. The first-order valence-corrected chi connectivity index (χ1v) is 13.0. The van der Waals surface area contributed by atoms with Crippen LogP contribution in [0.25, 0.3) is 5.57 Å². The normalized spacial score (nSPS) is 17.1. The van der Waals surface area contributed by atoms with Gasteiger partial charge in [0.15, 0.2) is 11.5 Å². The van der Waals surface area contributed by atoms with Gasteiger partial charge in [0.25, 0.3) is 0 Å². The zero-order valence-electron chi connectivity index (χ0n) is 22.6. The molecular weight excluding hydrogens is 416 g/mol. The highest BCUT2D eigenvalue weighted by Crippen LogP contribution is 2.46. The molecule has 1 unspecified atom stereocenters. The molecule has 0 saturated heterocycles. The number of hydrogen-bond donors (Lipinski definition) is 0. The van der Waals surface area contributed by atoms with Crippen molar-refractivity contribution in [3.8, 4) is 11.5 Å². The molecule has 3 rings (SSSR count). The summed E-state index contributed by atoms with van der Waals surface area (Å²) in [6, 6.07) is 6.41. The second kappa shape index (κ2) is 11.8. The molecule has 34 heavy (non-hydrogen) atoms. The number of rotatable bonds is 10. The van der Waals surface area contributed by atoms with Gasteiger partial charge >= 0.3 is 0 Å². The van der Waals surface area contributed by atoms with Crippen LogP contribution in [0.5, 0.6) is 11.5 Å². The van der Waals surface area contributed by atoms with Crippen LogP contribution in [0.3, 0.4) is 0 Å². The van der Waals surface area contributed by atoms with Crippen LogP contribution in [-0.2, 0) is 0 Å². The van der Waals surface area contributed by atoms with E-state index in [2.05, 4.69) is 59.4 Å². The molecule has 1 aromatic carbocycles. The van der Waals surface area contributed by atoms with Crippen LogP contribution in [0, 0.1) is 5.92 Å². The molecule has 0 N–H and O–H groups in total. The Labute approximate surface area is 208 Å². The van der Waals surface area contributed by atoms with Crippen LogP contribution >= 0.6 is 0 Å². The minimum atomic E-state index is 0.377. The van der Waals surface area contributed by atoms with Gasteiger partial charge in [-0.15, -0.1) is 0 Å². The number of methoxy groups -OCH3 is 2. The van der Waals surface area contributed by atoms with Gasteiger partial charge in [-0.25, -0.2) is 0 Å². The minimum Gasteiger partial charge on any atom is -0.493 e. The Morgan fingerprint density at radius 2 is 1.65 bits per heavy atom. The van der Waals surface area contributed by atoms with Crippen molar-refractivity contribution in [2.75, 3.05) is 14.2 Å². The van der Waals surface area contributed by atoms with Crippen LogP contribution in [-0.4, -0.2) is 14.2 Å². The fourth-order valence-electron chi connectivity index (χ4n) is 5.38. The standard InChI is InChI=1S/C32H44O2/c1-9-12-25(19-24-15-16-24)30(21(2)3)32(26-17-18-28(33-7)29(20-26)34-8)31(22(4)5)27-14-11-10-13-23(27)6/h17-20,25H,2,9-16H2,1,3-8H3/b32-30+. The molecule has 0 amide bonds. The third-order valence-electron chi connectivity index (χ3n) is 7.14. The average molecular weight is 461 g/mol. The zero-order chi connectivity index (χ0) is 24.8. The highest BCUT2D eigenvalue weighted by molar-refractivity contribution is 5.90. The Balaban J connectivity index is 2.40. The summed E-state index contributed by atoms with van der Waals surface area (Å²) >= 11 is 0. The van der Waals surface area contributed by atoms with E-state index >= 15 is 0 Å². The fourth-order valence-corrected chi connectivity index (χ4v) is 5.38. The predicted octanol–water partition coefficient (Wildman–Crippen LogP) is 9.40. The van der Waals surface area contributed by atoms with Gasteiger partial charge in [0.1, 0.15) is 0 Å².